The Hall–Kier alpha value is -2.37. The molecular formula is C13H17N3O3. The summed E-state index contributed by atoms with van der Waals surface area (Å²) in [7, 11) is 0. The highest BCUT2D eigenvalue weighted by Gasteiger charge is 2.33. The summed E-state index contributed by atoms with van der Waals surface area (Å²) < 4.78 is 0. The number of carbonyl (C=O) groups excluding carboxylic acids is 3. The van der Waals surface area contributed by atoms with Crippen LogP contribution < -0.4 is 16.8 Å². The highest BCUT2D eigenvalue weighted by molar-refractivity contribution is 6.06. The van der Waals surface area contributed by atoms with Gasteiger partial charge in [-0.25, -0.2) is 4.79 Å². The first-order valence-corrected chi connectivity index (χ1v) is 5.92. The maximum atomic E-state index is 11.9. The van der Waals surface area contributed by atoms with Gasteiger partial charge in [-0.15, -0.1) is 0 Å². The number of carbonyl (C=O) groups is 3. The molecule has 0 aliphatic heterocycles. The molecule has 0 saturated carbocycles. The summed E-state index contributed by atoms with van der Waals surface area (Å²) in [5.41, 5.74) is 11.0. The molecule has 2 unspecified atom stereocenters. The highest BCUT2D eigenvalue weighted by Crippen LogP contribution is 2.28. The van der Waals surface area contributed by atoms with Crippen LogP contribution in [0.4, 0.5) is 4.79 Å². The van der Waals surface area contributed by atoms with Crippen LogP contribution >= 0.6 is 0 Å². The van der Waals surface area contributed by atoms with Crippen LogP contribution in [0.1, 0.15) is 24.8 Å². The molecule has 4 amide bonds. The van der Waals surface area contributed by atoms with Crippen molar-refractivity contribution < 1.29 is 14.4 Å². The van der Waals surface area contributed by atoms with Gasteiger partial charge in [-0.3, -0.25) is 14.9 Å². The highest BCUT2D eigenvalue weighted by atomic mass is 16.2. The lowest BCUT2D eigenvalue weighted by atomic mass is 9.83. The van der Waals surface area contributed by atoms with Crippen LogP contribution in [0.15, 0.2) is 30.3 Å². The molecule has 1 aromatic carbocycles. The van der Waals surface area contributed by atoms with Gasteiger partial charge in [0.05, 0.1) is 0 Å². The summed E-state index contributed by atoms with van der Waals surface area (Å²) in [5, 5.41) is 1.91. The fourth-order valence-corrected chi connectivity index (χ4v) is 2.07. The minimum Gasteiger partial charge on any atom is -0.369 e. The molecule has 0 heterocycles. The molecule has 0 spiro atoms. The van der Waals surface area contributed by atoms with E-state index in [9.17, 15) is 14.4 Å². The monoisotopic (exact) mass is 263 g/mol. The molecule has 6 heteroatoms. The van der Waals surface area contributed by atoms with Crippen molar-refractivity contribution in [1.29, 1.82) is 0 Å². The van der Waals surface area contributed by atoms with E-state index in [1.165, 1.54) is 0 Å². The fraction of sp³-hybridized carbons (Fsp3) is 0.308. The first-order chi connectivity index (χ1) is 8.97. The average Bonchev–Trinajstić information content (AvgIpc) is 2.35. The molecule has 0 aliphatic carbocycles. The average molecular weight is 263 g/mol. The predicted molar refractivity (Wildman–Crippen MR) is 69.9 cm³/mol. The van der Waals surface area contributed by atoms with E-state index >= 15 is 0 Å². The quantitative estimate of drug-likeness (QED) is 0.671. The van der Waals surface area contributed by atoms with E-state index < -0.39 is 29.7 Å². The first-order valence-electron chi connectivity index (χ1n) is 5.92. The smallest absolute Gasteiger partial charge is 0.318 e. The third kappa shape index (κ3) is 3.80. The molecule has 1 rings (SSSR count). The van der Waals surface area contributed by atoms with Crippen molar-refractivity contribution in [2.24, 2.45) is 17.4 Å². The second-order valence-electron chi connectivity index (χ2n) is 4.16. The van der Waals surface area contributed by atoms with E-state index in [2.05, 4.69) is 0 Å². The van der Waals surface area contributed by atoms with Crippen LogP contribution in [0.3, 0.4) is 0 Å². The number of benzene rings is 1. The molecule has 0 radical (unpaired) electrons. The lowest BCUT2D eigenvalue weighted by molar-refractivity contribution is -0.133. The molecular weight excluding hydrogens is 246 g/mol. The molecule has 0 aliphatic rings. The molecule has 5 N–H and O–H groups in total. The number of nitrogens with two attached hydrogens (primary N) is 2. The largest absolute Gasteiger partial charge is 0.369 e. The Kier molecular flexibility index (Phi) is 5.05. The minimum absolute atomic E-state index is 0.391. The summed E-state index contributed by atoms with van der Waals surface area (Å²) in [6.07, 6.45) is 0.532. The van der Waals surface area contributed by atoms with Crippen molar-refractivity contribution in [3.8, 4) is 0 Å². The number of amides is 4. The number of primary amides is 2. The topological polar surface area (TPSA) is 115 Å². The Labute approximate surface area is 111 Å². The number of urea groups is 1. The van der Waals surface area contributed by atoms with Gasteiger partial charge in [-0.2, -0.15) is 0 Å². The lowest BCUT2D eigenvalue weighted by Gasteiger charge is -2.22. The molecule has 19 heavy (non-hydrogen) atoms. The number of imide groups is 1. The maximum absolute atomic E-state index is 11.9. The van der Waals surface area contributed by atoms with Gasteiger partial charge < -0.3 is 11.5 Å². The summed E-state index contributed by atoms with van der Waals surface area (Å²) >= 11 is 0. The molecule has 0 aromatic heterocycles. The van der Waals surface area contributed by atoms with E-state index in [-0.39, 0.29) is 0 Å². The third-order valence-electron chi connectivity index (χ3n) is 2.91. The molecule has 6 nitrogen and oxygen atoms in total. The minimum atomic E-state index is -1.13. The zero-order valence-electron chi connectivity index (χ0n) is 10.6. The molecule has 0 bridgehead atoms. The van der Waals surface area contributed by atoms with Crippen LogP contribution in [-0.4, -0.2) is 17.8 Å². The molecule has 1 aromatic rings. The van der Waals surface area contributed by atoms with Gasteiger partial charge in [0.2, 0.25) is 11.8 Å². The second-order valence-corrected chi connectivity index (χ2v) is 4.16. The molecule has 102 valence electrons. The van der Waals surface area contributed by atoms with Crippen LogP contribution in [-0.2, 0) is 9.59 Å². The van der Waals surface area contributed by atoms with Gasteiger partial charge in [0.1, 0.15) is 5.92 Å². The SMILES string of the molecule is CCC(c1ccccc1)C(C(N)=O)C(=O)NC(N)=O. The van der Waals surface area contributed by atoms with E-state index in [4.69, 9.17) is 11.5 Å². The van der Waals surface area contributed by atoms with Crippen LogP contribution in [0.5, 0.6) is 0 Å². The number of hydrogen-bond acceptors (Lipinski definition) is 3. The zero-order chi connectivity index (χ0) is 14.4. The van der Waals surface area contributed by atoms with Gasteiger partial charge in [0.25, 0.3) is 0 Å². The number of hydrogen-bond donors (Lipinski definition) is 3. The molecule has 2 atom stereocenters. The molecule has 0 fully saturated rings. The van der Waals surface area contributed by atoms with E-state index in [0.29, 0.717) is 6.42 Å². The Morgan fingerprint density at radius 3 is 2.16 bits per heavy atom. The lowest BCUT2D eigenvalue weighted by Crippen LogP contribution is -2.46. The Morgan fingerprint density at radius 1 is 1.16 bits per heavy atom. The summed E-state index contributed by atoms with van der Waals surface area (Å²) in [5.74, 6) is -3.07. The van der Waals surface area contributed by atoms with Gasteiger partial charge in [0, 0.05) is 5.92 Å². The Bertz CT molecular complexity index is 473. The van der Waals surface area contributed by atoms with Crippen molar-refractivity contribution in [1.82, 2.24) is 5.32 Å². The fourth-order valence-electron chi connectivity index (χ4n) is 2.07. The van der Waals surface area contributed by atoms with Crippen molar-refractivity contribution >= 4 is 17.8 Å². The van der Waals surface area contributed by atoms with Crippen LogP contribution in [0.2, 0.25) is 0 Å². The Balaban J connectivity index is 3.06. The van der Waals surface area contributed by atoms with Gasteiger partial charge in [0.15, 0.2) is 0 Å². The van der Waals surface area contributed by atoms with Crippen molar-refractivity contribution in [2.45, 2.75) is 19.3 Å². The standard InChI is InChI=1S/C13H17N3O3/c1-2-9(8-6-4-3-5-7-8)10(11(14)17)12(18)16-13(15)19/h3-7,9-10H,2H2,1H3,(H2,14,17)(H3,15,16,18,19). The normalized spacial score (nSPS) is 13.3. The first kappa shape index (κ1) is 14.7. The second kappa shape index (κ2) is 6.53. The van der Waals surface area contributed by atoms with Crippen molar-refractivity contribution in [3.63, 3.8) is 0 Å². The molecule has 0 saturated heterocycles. The van der Waals surface area contributed by atoms with Crippen molar-refractivity contribution in [2.75, 3.05) is 0 Å². The number of rotatable bonds is 5. The summed E-state index contributed by atoms with van der Waals surface area (Å²) in [4.78, 5) is 34.1. The van der Waals surface area contributed by atoms with Gasteiger partial charge >= 0.3 is 6.03 Å². The summed E-state index contributed by atoms with van der Waals surface area (Å²) in [6.45, 7) is 1.84. The van der Waals surface area contributed by atoms with E-state index in [1.54, 1.807) is 0 Å². The third-order valence-corrected chi connectivity index (χ3v) is 2.91. The summed E-state index contributed by atoms with van der Waals surface area (Å²) in [6, 6.07) is 8.06. The van der Waals surface area contributed by atoms with Gasteiger partial charge in [-0.1, -0.05) is 37.3 Å². The maximum Gasteiger partial charge on any atom is 0.318 e. The van der Waals surface area contributed by atoms with Gasteiger partial charge in [-0.05, 0) is 12.0 Å². The van der Waals surface area contributed by atoms with E-state index in [0.717, 1.165) is 5.56 Å². The van der Waals surface area contributed by atoms with Crippen molar-refractivity contribution in [3.05, 3.63) is 35.9 Å². The zero-order valence-corrected chi connectivity index (χ0v) is 10.6. The number of nitrogens with one attached hydrogen (secondary N) is 1. The van der Waals surface area contributed by atoms with E-state index in [1.807, 2.05) is 42.6 Å². The predicted octanol–water partition coefficient (Wildman–Crippen LogP) is 0.477. The Morgan fingerprint density at radius 2 is 1.74 bits per heavy atom. The van der Waals surface area contributed by atoms with Crippen LogP contribution in [0.25, 0.3) is 0 Å². The van der Waals surface area contributed by atoms with Crippen LogP contribution in [0, 0.1) is 5.92 Å².